The summed E-state index contributed by atoms with van der Waals surface area (Å²) >= 11 is 0. The maximum absolute atomic E-state index is 5.96. The highest BCUT2D eigenvalue weighted by molar-refractivity contribution is 5.85. The van der Waals surface area contributed by atoms with Crippen molar-refractivity contribution in [3.8, 4) is 28.5 Å². The number of nitrogens with zero attached hydrogens (tertiary/aromatic N) is 2. The Hall–Kier alpha value is -3.60. The van der Waals surface area contributed by atoms with Gasteiger partial charge in [0.15, 0.2) is 5.65 Å². The molecule has 2 aromatic carbocycles. The number of ether oxygens (including phenoxy) is 1. The maximum atomic E-state index is 5.96. The van der Waals surface area contributed by atoms with Crippen molar-refractivity contribution in [3.63, 3.8) is 0 Å². The second kappa shape index (κ2) is 6.53. The molecule has 0 unspecified atom stereocenters. The van der Waals surface area contributed by atoms with Crippen molar-refractivity contribution in [3.05, 3.63) is 66.9 Å². The molecule has 3 aromatic heterocycles. The number of nitrogens with one attached hydrogen (secondary N) is 1. The van der Waals surface area contributed by atoms with Crippen LogP contribution in [0.15, 0.2) is 71.3 Å². The van der Waals surface area contributed by atoms with Gasteiger partial charge < -0.3 is 14.1 Å². The minimum absolute atomic E-state index is 0.124. The van der Waals surface area contributed by atoms with Crippen LogP contribution in [0.25, 0.3) is 44.8 Å². The van der Waals surface area contributed by atoms with Crippen LogP contribution in [0.5, 0.6) is 5.75 Å². The molecule has 5 aromatic rings. The predicted molar refractivity (Wildman–Crippen MR) is 110 cm³/mol. The summed E-state index contributed by atoms with van der Waals surface area (Å²) in [6.07, 6.45) is 1.92. The number of aromatic nitrogens is 3. The van der Waals surface area contributed by atoms with E-state index in [4.69, 9.17) is 9.15 Å². The Bertz CT molecular complexity index is 1250. The summed E-state index contributed by atoms with van der Waals surface area (Å²) in [5, 5.41) is 1.07. The van der Waals surface area contributed by atoms with Crippen LogP contribution >= 0.6 is 0 Å². The SMILES string of the molecule is CC(C)Oc1cccc(-c2nc3ncc(-c4cc5ccccc5o4)cc3[nH]2)c1. The summed E-state index contributed by atoms with van der Waals surface area (Å²) in [6, 6.07) is 19.9. The quantitative estimate of drug-likeness (QED) is 0.433. The van der Waals surface area contributed by atoms with Crippen LogP contribution in [0.1, 0.15) is 13.8 Å². The lowest BCUT2D eigenvalue weighted by atomic mass is 10.2. The standard InChI is InChI=1S/C23H19N3O2/c1-14(2)27-18-8-5-7-16(10-18)22-25-19-11-17(13-24-23(19)26-22)21-12-15-6-3-4-9-20(15)28-21/h3-14H,1-2H3,(H,24,25,26). The van der Waals surface area contributed by atoms with Crippen molar-refractivity contribution in [1.82, 2.24) is 15.0 Å². The van der Waals surface area contributed by atoms with Gasteiger partial charge in [0.05, 0.1) is 11.6 Å². The van der Waals surface area contributed by atoms with Crippen LogP contribution in [0.4, 0.5) is 0 Å². The van der Waals surface area contributed by atoms with Crippen molar-refractivity contribution < 1.29 is 9.15 Å². The highest BCUT2D eigenvalue weighted by atomic mass is 16.5. The summed E-state index contributed by atoms with van der Waals surface area (Å²) in [5.74, 6) is 2.38. The van der Waals surface area contributed by atoms with E-state index >= 15 is 0 Å². The van der Waals surface area contributed by atoms with E-state index in [-0.39, 0.29) is 6.10 Å². The van der Waals surface area contributed by atoms with Gasteiger partial charge in [-0.1, -0.05) is 30.3 Å². The number of hydrogen-bond acceptors (Lipinski definition) is 4. The average Bonchev–Trinajstić information content (AvgIpc) is 3.31. The van der Waals surface area contributed by atoms with Crippen LogP contribution in [0, 0.1) is 0 Å². The van der Waals surface area contributed by atoms with Crippen molar-refractivity contribution in [2.24, 2.45) is 0 Å². The number of H-pyrrole nitrogens is 1. The van der Waals surface area contributed by atoms with E-state index in [1.807, 2.05) is 74.5 Å². The van der Waals surface area contributed by atoms with Crippen LogP contribution in [-0.4, -0.2) is 21.1 Å². The van der Waals surface area contributed by atoms with Crippen LogP contribution in [0.2, 0.25) is 0 Å². The monoisotopic (exact) mass is 369 g/mol. The van der Waals surface area contributed by atoms with Gasteiger partial charge in [-0.15, -0.1) is 0 Å². The van der Waals surface area contributed by atoms with E-state index in [9.17, 15) is 0 Å². The van der Waals surface area contributed by atoms with E-state index in [0.29, 0.717) is 5.65 Å². The van der Waals surface area contributed by atoms with Gasteiger partial charge in [0.2, 0.25) is 0 Å². The molecule has 0 bridgehead atoms. The number of fused-ring (bicyclic) bond motifs is 2. The molecule has 0 aliphatic carbocycles. The molecular formula is C23H19N3O2. The zero-order chi connectivity index (χ0) is 19.1. The van der Waals surface area contributed by atoms with E-state index in [1.54, 1.807) is 6.20 Å². The Balaban J connectivity index is 1.53. The Morgan fingerprint density at radius 3 is 2.71 bits per heavy atom. The normalized spacial score (nSPS) is 11.5. The summed E-state index contributed by atoms with van der Waals surface area (Å²) in [5.41, 5.74) is 4.27. The van der Waals surface area contributed by atoms with Crippen LogP contribution in [0.3, 0.4) is 0 Å². The number of aromatic amines is 1. The van der Waals surface area contributed by atoms with E-state index in [1.165, 1.54) is 0 Å². The topological polar surface area (TPSA) is 63.9 Å². The first kappa shape index (κ1) is 16.6. The third kappa shape index (κ3) is 3.01. The largest absolute Gasteiger partial charge is 0.491 e. The molecule has 5 rings (SSSR count). The number of para-hydroxylation sites is 1. The minimum atomic E-state index is 0.124. The summed E-state index contributed by atoms with van der Waals surface area (Å²) in [7, 11) is 0. The van der Waals surface area contributed by atoms with Gasteiger partial charge in [-0.05, 0) is 44.2 Å². The molecule has 0 spiro atoms. The van der Waals surface area contributed by atoms with Crippen LogP contribution < -0.4 is 4.74 Å². The number of furan rings is 1. The molecule has 1 N–H and O–H groups in total. The molecule has 0 amide bonds. The molecule has 0 saturated carbocycles. The molecule has 138 valence electrons. The lowest BCUT2D eigenvalue weighted by Crippen LogP contribution is -2.05. The third-order valence-corrected chi connectivity index (χ3v) is 4.53. The van der Waals surface area contributed by atoms with Gasteiger partial charge in [0.1, 0.15) is 22.9 Å². The zero-order valence-corrected chi connectivity index (χ0v) is 15.6. The lowest BCUT2D eigenvalue weighted by molar-refractivity contribution is 0.242. The molecule has 5 nitrogen and oxygen atoms in total. The van der Waals surface area contributed by atoms with Gasteiger partial charge in [-0.25, -0.2) is 9.97 Å². The molecule has 0 atom stereocenters. The average molecular weight is 369 g/mol. The fourth-order valence-electron chi connectivity index (χ4n) is 3.28. The second-order valence-corrected chi connectivity index (χ2v) is 7.02. The summed E-state index contributed by atoms with van der Waals surface area (Å²) < 4.78 is 11.7. The van der Waals surface area contributed by atoms with E-state index in [2.05, 4.69) is 15.0 Å². The van der Waals surface area contributed by atoms with Gasteiger partial charge in [-0.3, -0.25) is 0 Å². The van der Waals surface area contributed by atoms with Crippen LogP contribution in [-0.2, 0) is 0 Å². The summed E-state index contributed by atoms with van der Waals surface area (Å²) in [6.45, 7) is 4.02. The number of imidazole rings is 1. The number of rotatable bonds is 4. The molecular weight excluding hydrogens is 350 g/mol. The molecule has 5 heteroatoms. The fourth-order valence-corrected chi connectivity index (χ4v) is 3.28. The maximum Gasteiger partial charge on any atom is 0.178 e. The predicted octanol–water partition coefficient (Wildman–Crippen LogP) is 5.83. The number of benzene rings is 2. The lowest BCUT2D eigenvalue weighted by Gasteiger charge is -2.09. The van der Waals surface area contributed by atoms with Gasteiger partial charge in [0, 0.05) is 22.7 Å². The molecule has 0 radical (unpaired) electrons. The highest BCUT2D eigenvalue weighted by Crippen LogP contribution is 2.30. The van der Waals surface area contributed by atoms with Crippen molar-refractivity contribution in [1.29, 1.82) is 0 Å². The van der Waals surface area contributed by atoms with E-state index in [0.717, 1.165) is 44.9 Å². The second-order valence-electron chi connectivity index (χ2n) is 7.02. The number of pyridine rings is 1. The third-order valence-electron chi connectivity index (χ3n) is 4.53. The Kier molecular flexibility index (Phi) is 3.86. The van der Waals surface area contributed by atoms with Gasteiger partial charge in [0.25, 0.3) is 0 Å². The summed E-state index contributed by atoms with van der Waals surface area (Å²) in [4.78, 5) is 12.5. The van der Waals surface area contributed by atoms with Crippen molar-refractivity contribution in [2.75, 3.05) is 0 Å². The Labute approximate surface area is 162 Å². The fraction of sp³-hybridized carbons (Fsp3) is 0.130. The first-order valence-corrected chi connectivity index (χ1v) is 9.27. The smallest absolute Gasteiger partial charge is 0.178 e. The molecule has 0 aliphatic rings. The molecule has 0 saturated heterocycles. The number of hydrogen-bond donors (Lipinski definition) is 1. The molecule has 0 aliphatic heterocycles. The van der Waals surface area contributed by atoms with Gasteiger partial charge >= 0.3 is 0 Å². The van der Waals surface area contributed by atoms with Gasteiger partial charge in [-0.2, -0.15) is 0 Å². The minimum Gasteiger partial charge on any atom is -0.491 e. The first-order valence-electron chi connectivity index (χ1n) is 9.27. The molecule has 3 heterocycles. The van der Waals surface area contributed by atoms with Crippen molar-refractivity contribution >= 4 is 22.1 Å². The molecule has 0 fully saturated rings. The van der Waals surface area contributed by atoms with Crippen molar-refractivity contribution in [2.45, 2.75) is 20.0 Å². The molecule has 28 heavy (non-hydrogen) atoms. The Morgan fingerprint density at radius 2 is 1.86 bits per heavy atom. The van der Waals surface area contributed by atoms with E-state index < -0.39 is 0 Å². The highest BCUT2D eigenvalue weighted by Gasteiger charge is 2.11. The first-order chi connectivity index (χ1) is 13.7. The Morgan fingerprint density at radius 1 is 0.964 bits per heavy atom. The zero-order valence-electron chi connectivity index (χ0n) is 15.6.